The van der Waals surface area contributed by atoms with Crippen LogP contribution in [0.15, 0.2) is 18.2 Å². The molecule has 4 aliphatic rings. The highest BCUT2D eigenvalue weighted by Gasteiger charge is 2.63. The summed E-state index contributed by atoms with van der Waals surface area (Å²) in [4.78, 5) is 0. The zero-order chi connectivity index (χ0) is 12.6. The number of aliphatic hydroxyl groups is 1. The first kappa shape index (κ1) is 10.7. The first-order valence-corrected chi connectivity index (χ1v) is 7.51. The fourth-order valence-electron chi connectivity index (χ4n) is 5.41. The molecule has 3 nitrogen and oxygen atoms in total. The third kappa shape index (κ3) is 1.09. The second-order valence-corrected chi connectivity index (χ2v) is 6.64. The molecule has 2 N–H and O–H groups in total. The molecule has 0 radical (unpaired) electrons. The Bertz CT molecular complexity index is 558. The van der Waals surface area contributed by atoms with Crippen molar-refractivity contribution >= 4 is 0 Å². The Morgan fingerprint density at radius 3 is 3.21 bits per heavy atom. The van der Waals surface area contributed by atoms with Crippen LogP contribution in [0, 0.1) is 5.92 Å². The van der Waals surface area contributed by atoms with Crippen LogP contribution in [-0.2, 0) is 11.8 Å². The number of hydrogen-bond donors (Lipinski definition) is 2. The summed E-state index contributed by atoms with van der Waals surface area (Å²) in [6.45, 7) is 1.06. The van der Waals surface area contributed by atoms with Crippen molar-refractivity contribution in [1.82, 2.24) is 5.32 Å². The van der Waals surface area contributed by atoms with Crippen LogP contribution in [0.3, 0.4) is 0 Å². The highest BCUT2D eigenvalue weighted by Crippen LogP contribution is 2.60. The Kier molecular flexibility index (Phi) is 1.88. The molecule has 3 heteroatoms. The lowest BCUT2D eigenvalue weighted by Gasteiger charge is -2.56. The minimum Gasteiger partial charge on any atom is -0.486 e. The van der Waals surface area contributed by atoms with E-state index < -0.39 is 0 Å². The van der Waals surface area contributed by atoms with Gasteiger partial charge < -0.3 is 15.2 Å². The van der Waals surface area contributed by atoms with Gasteiger partial charge in [-0.2, -0.15) is 0 Å². The molecule has 5 atom stereocenters. The molecule has 2 fully saturated rings. The maximum Gasteiger partial charge on any atom is 0.135 e. The van der Waals surface area contributed by atoms with Gasteiger partial charge in [-0.1, -0.05) is 12.1 Å². The van der Waals surface area contributed by atoms with E-state index in [1.807, 2.05) is 0 Å². The van der Waals surface area contributed by atoms with E-state index in [9.17, 15) is 5.11 Å². The van der Waals surface area contributed by atoms with Crippen LogP contribution < -0.4 is 10.1 Å². The third-order valence-corrected chi connectivity index (χ3v) is 5.99. The molecule has 1 saturated carbocycles. The third-order valence-electron chi connectivity index (χ3n) is 5.99. The Hall–Kier alpha value is -1.06. The average molecular weight is 257 g/mol. The number of nitrogens with one attached hydrogen (secondary N) is 1. The largest absolute Gasteiger partial charge is 0.486 e. The molecule has 2 unspecified atom stereocenters. The van der Waals surface area contributed by atoms with E-state index >= 15 is 0 Å². The molecular weight excluding hydrogens is 238 g/mol. The minimum atomic E-state index is -0.298. The zero-order valence-corrected chi connectivity index (χ0v) is 10.9. The molecule has 2 heterocycles. The Morgan fingerprint density at radius 2 is 2.26 bits per heavy atom. The van der Waals surface area contributed by atoms with E-state index in [1.54, 1.807) is 0 Å². The molecule has 19 heavy (non-hydrogen) atoms. The van der Waals surface area contributed by atoms with Gasteiger partial charge in [-0.15, -0.1) is 0 Å². The van der Waals surface area contributed by atoms with Crippen LogP contribution in [-0.4, -0.2) is 29.9 Å². The predicted octanol–water partition coefficient (Wildman–Crippen LogP) is 1.37. The maximum absolute atomic E-state index is 10.4. The monoisotopic (exact) mass is 257 g/mol. The molecule has 1 aromatic carbocycles. The van der Waals surface area contributed by atoms with Crippen molar-refractivity contribution in [3.05, 3.63) is 29.3 Å². The number of aliphatic hydroxyl groups excluding tert-OH is 1. The summed E-state index contributed by atoms with van der Waals surface area (Å²) in [6, 6.07) is 7.03. The predicted molar refractivity (Wildman–Crippen MR) is 71.4 cm³/mol. The molecule has 2 bridgehead atoms. The number of piperidine rings is 1. The second kappa shape index (κ2) is 3.33. The number of rotatable bonds is 0. The van der Waals surface area contributed by atoms with Gasteiger partial charge in [-0.25, -0.2) is 0 Å². The topological polar surface area (TPSA) is 41.5 Å². The van der Waals surface area contributed by atoms with Gasteiger partial charge in [0.15, 0.2) is 0 Å². The average Bonchev–Trinajstić information content (AvgIpc) is 2.74. The van der Waals surface area contributed by atoms with Gasteiger partial charge in [0.2, 0.25) is 0 Å². The number of hydrogen-bond acceptors (Lipinski definition) is 3. The van der Waals surface area contributed by atoms with Gasteiger partial charge in [0, 0.05) is 17.0 Å². The molecule has 2 aliphatic heterocycles. The molecule has 5 rings (SSSR count). The summed E-state index contributed by atoms with van der Waals surface area (Å²) < 4.78 is 6.21. The molecule has 100 valence electrons. The van der Waals surface area contributed by atoms with Crippen molar-refractivity contribution in [2.24, 2.45) is 5.92 Å². The highest BCUT2D eigenvalue weighted by atomic mass is 16.5. The van der Waals surface area contributed by atoms with Crippen molar-refractivity contribution in [3.63, 3.8) is 0 Å². The quantitative estimate of drug-likeness (QED) is 0.737. The SMILES string of the molecule is OC1CC[C@H]2[C@H]3Cc4cccc5c4[C@@]2(CCN3)C1O5. The normalized spacial score (nSPS) is 45.5. The van der Waals surface area contributed by atoms with E-state index in [2.05, 4.69) is 23.5 Å². The van der Waals surface area contributed by atoms with Gasteiger partial charge in [-0.05, 0) is 49.8 Å². The summed E-state index contributed by atoms with van der Waals surface area (Å²) in [5, 5.41) is 14.2. The molecule has 1 aromatic rings. The summed E-state index contributed by atoms with van der Waals surface area (Å²) in [7, 11) is 0. The van der Waals surface area contributed by atoms with Gasteiger partial charge >= 0.3 is 0 Å². The number of benzene rings is 1. The highest BCUT2D eigenvalue weighted by molar-refractivity contribution is 5.54. The first-order valence-electron chi connectivity index (χ1n) is 7.51. The maximum atomic E-state index is 10.4. The summed E-state index contributed by atoms with van der Waals surface area (Å²) >= 11 is 0. The molecule has 2 aliphatic carbocycles. The first-order chi connectivity index (χ1) is 9.30. The van der Waals surface area contributed by atoms with Crippen LogP contribution in [0.4, 0.5) is 0 Å². The second-order valence-electron chi connectivity index (χ2n) is 6.64. The van der Waals surface area contributed by atoms with E-state index in [-0.39, 0.29) is 17.6 Å². The van der Waals surface area contributed by atoms with E-state index in [0.717, 1.165) is 38.0 Å². The van der Waals surface area contributed by atoms with Crippen molar-refractivity contribution in [3.8, 4) is 5.75 Å². The van der Waals surface area contributed by atoms with Crippen molar-refractivity contribution in [2.75, 3.05) is 6.54 Å². The lowest BCUT2D eigenvalue weighted by Crippen LogP contribution is -2.66. The van der Waals surface area contributed by atoms with E-state index in [4.69, 9.17) is 4.74 Å². The van der Waals surface area contributed by atoms with Crippen LogP contribution in [0.5, 0.6) is 5.75 Å². The molecule has 0 aromatic heterocycles. The fraction of sp³-hybridized carbons (Fsp3) is 0.625. The van der Waals surface area contributed by atoms with E-state index in [1.165, 1.54) is 11.1 Å². The molecule has 1 saturated heterocycles. The Morgan fingerprint density at radius 1 is 1.32 bits per heavy atom. The van der Waals surface area contributed by atoms with Gasteiger partial charge in [0.1, 0.15) is 11.9 Å². The zero-order valence-electron chi connectivity index (χ0n) is 10.9. The minimum absolute atomic E-state index is 0.00713. The van der Waals surface area contributed by atoms with Gasteiger partial charge in [0.25, 0.3) is 0 Å². The Labute approximate surface area is 113 Å². The smallest absolute Gasteiger partial charge is 0.135 e. The Balaban J connectivity index is 1.82. The van der Waals surface area contributed by atoms with E-state index in [0.29, 0.717) is 12.0 Å². The summed E-state index contributed by atoms with van der Waals surface area (Å²) in [6.07, 6.45) is 3.95. The standard InChI is InChI=1S/C16H19NO2/c18-12-5-4-10-11-8-9-2-1-3-13-14(9)16(10,6-7-17-11)15(12)19-13/h1-3,10-12,15,17-18H,4-8H2/t10-,11+,12?,15?,16-/m0/s1. The van der Waals surface area contributed by atoms with Gasteiger partial charge in [-0.3, -0.25) is 0 Å². The lowest BCUT2D eigenvalue weighted by atomic mass is 9.52. The van der Waals surface area contributed by atoms with Gasteiger partial charge in [0.05, 0.1) is 6.10 Å². The lowest BCUT2D eigenvalue weighted by molar-refractivity contribution is -0.0758. The van der Waals surface area contributed by atoms with Crippen LogP contribution >= 0.6 is 0 Å². The molecular formula is C16H19NO2. The number of ether oxygens (including phenoxy) is 1. The molecule has 0 amide bonds. The summed E-state index contributed by atoms with van der Waals surface area (Å²) in [5.41, 5.74) is 2.99. The summed E-state index contributed by atoms with van der Waals surface area (Å²) in [5.74, 6) is 1.69. The van der Waals surface area contributed by atoms with Crippen LogP contribution in [0.2, 0.25) is 0 Å². The van der Waals surface area contributed by atoms with Crippen molar-refractivity contribution in [2.45, 2.75) is 49.3 Å². The van der Waals surface area contributed by atoms with Crippen molar-refractivity contribution in [1.29, 1.82) is 0 Å². The fourth-order valence-corrected chi connectivity index (χ4v) is 5.41. The van der Waals surface area contributed by atoms with Crippen LogP contribution in [0.25, 0.3) is 0 Å². The van der Waals surface area contributed by atoms with Crippen LogP contribution in [0.1, 0.15) is 30.4 Å². The molecule has 1 spiro atoms. The van der Waals surface area contributed by atoms with Crippen molar-refractivity contribution < 1.29 is 9.84 Å².